The number of aliphatic hydroxyl groups excluding tert-OH is 1. The van der Waals surface area contributed by atoms with Gasteiger partial charge in [-0.25, -0.2) is 0 Å². The van der Waals surface area contributed by atoms with Crippen LogP contribution >= 0.6 is 0 Å². The van der Waals surface area contributed by atoms with Gasteiger partial charge in [-0.1, -0.05) is 45.0 Å². The number of likely N-dealkylation sites (tertiary alicyclic amines) is 1. The Bertz CT molecular complexity index is 1530. The van der Waals surface area contributed by atoms with Gasteiger partial charge in [0.15, 0.2) is 5.78 Å². The molecule has 220 valence electrons. The molecule has 0 saturated carbocycles. The number of nitrogens with one attached hydrogen (secondary N) is 1. The molecule has 1 fully saturated rings. The zero-order chi connectivity index (χ0) is 29.4. The highest BCUT2D eigenvalue weighted by atomic mass is 16.3. The zero-order valence-electron chi connectivity index (χ0n) is 25.2. The summed E-state index contributed by atoms with van der Waals surface area (Å²) in [5.74, 6) is 0.942. The van der Waals surface area contributed by atoms with E-state index >= 15 is 0 Å². The number of ketones is 1. The van der Waals surface area contributed by atoms with Crippen LogP contribution in [-0.4, -0.2) is 51.5 Å². The number of nitrogens with zero attached hydrogens (tertiary/aromatic N) is 2. The van der Waals surface area contributed by atoms with Gasteiger partial charge < -0.3 is 15.0 Å². The smallest absolute Gasteiger partial charge is 0.247 e. The third-order valence-electron chi connectivity index (χ3n) is 9.74. The van der Waals surface area contributed by atoms with Gasteiger partial charge in [-0.3, -0.25) is 14.6 Å². The number of β-amino-alcohol motifs (C(OH)–C–C–N with tert-alkyl or cyclic N) is 1. The SMILES string of the molecule is CC(C)(C)[C@H]1CCc2nc3c(cc2C1)C=C(C(=O)C[C@H](CCN1CCC(O)C1)c1ccc(-c2ccc(=O)[nH]c2)cc1)C3. The lowest BCUT2D eigenvalue weighted by Crippen LogP contribution is -2.27. The Labute approximate surface area is 248 Å². The van der Waals surface area contributed by atoms with Crippen molar-refractivity contribution >= 4 is 11.9 Å². The van der Waals surface area contributed by atoms with Gasteiger partial charge in [0.05, 0.1) is 11.8 Å². The molecule has 0 spiro atoms. The zero-order valence-corrected chi connectivity index (χ0v) is 25.2. The van der Waals surface area contributed by atoms with E-state index < -0.39 is 0 Å². The van der Waals surface area contributed by atoms with Gasteiger partial charge in [0.2, 0.25) is 5.56 Å². The number of hydrogen-bond acceptors (Lipinski definition) is 5. The minimum absolute atomic E-state index is 0.0817. The van der Waals surface area contributed by atoms with Crippen molar-refractivity contribution in [3.63, 3.8) is 0 Å². The molecule has 0 bridgehead atoms. The highest BCUT2D eigenvalue weighted by Gasteiger charge is 2.31. The second-order valence-corrected chi connectivity index (χ2v) is 13.7. The third-order valence-corrected chi connectivity index (χ3v) is 9.74. The average molecular weight is 566 g/mol. The summed E-state index contributed by atoms with van der Waals surface area (Å²) in [5.41, 5.74) is 8.94. The molecule has 3 aliphatic rings. The van der Waals surface area contributed by atoms with E-state index in [1.807, 2.05) is 6.07 Å². The summed E-state index contributed by atoms with van der Waals surface area (Å²) in [7, 11) is 0. The molecular formula is C36H43N3O3. The molecule has 1 aliphatic heterocycles. The highest BCUT2D eigenvalue weighted by Crippen LogP contribution is 2.39. The van der Waals surface area contributed by atoms with Gasteiger partial charge in [0.25, 0.3) is 0 Å². The fourth-order valence-electron chi connectivity index (χ4n) is 6.96. The van der Waals surface area contributed by atoms with Crippen molar-refractivity contribution in [2.24, 2.45) is 11.3 Å². The second-order valence-electron chi connectivity index (χ2n) is 13.7. The summed E-state index contributed by atoms with van der Waals surface area (Å²) in [6.07, 6.45) is 9.61. The first-order valence-corrected chi connectivity index (χ1v) is 15.6. The van der Waals surface area contributed by atoms with E-state index in [1.165, 1.54) is 23.7 Å². The first-order chi connectivity index (χ1) is 20.1. The van der Waals surface area contributed by atoms with E-state index in [9.17, 15) is 14.7 Å². The molecule has 6 rings (SSSR count). The van der Waals surface area contributed by atoms with Gasteiger partial charge in [0, 0.05) is 49.5 Å². The lowest BCUT2D eigenvalue weighted by atomic mass is 9.71. The van der Waals surface area contributed by atoms with E-state index in [0.29, 0.717) is 25.3 Å². The van der Waals surface area contributed by atoms with Crippen molar-refractivity contribution in [1.82, 2.24) is 14.9 Å². The minimum atomic E-state index is -0.249. The summed E-state index contributed by atoms with van der Waals surface area (Å²) >= 11 is 0. The first-order valence-electron chi connectivity index (χ1n) is 15.6. The van der Waals surface area contributed by atoms with Crippen LogP contribution in [0.3, 0.4) is 0 Å². The third kappa shape index (κ3) is 6.35. The van der Waals surface area contributed by atoms with Crippen LogP contribution < -0.4 is 5.56 Å². The number of H-pyrrole nitrogens is 1. The Morgan fingerprint density at radius 2 is 1.88 bits per heavy atom. The number of benzene rings is 1. The quantitative estimate of drug-likeness (QED) is 0.365. The van der Waals surface area contributed by atoms with E-state index in [4.69, 9.17) is 4.98 Å². The van der Waals surface area contributed by atoms with Crippen molar-refractivity contribution in [3.05, 3.63) is 92.7 Å². The number of pyridine rings is 2. The topological polar surface area (TPSA) is 86.3 Å². The molecule has 0 radical (unpaired) electrons. The molecule has 2 N–H and O–H groups in total. The summed E-state index contributed by atoms with van der Waals surface area (Å²) < 4.78 is 0. The molecule has 2 aliphatic carbocycles. The Kier molecular flexibility index (Phi) is 8.03. The molecule has 1 unspecified atom stereocenters. The van der Waals surface area contributed by atoms with Crippen molar-refractivity contribution in [3.8, 4) is 11.1 Å². The van der Waals surface area contributed by atoms with Crippen LogP contribution in [0.15, 0.2) is 59.0 Å². The molecule has 1 aromatic carbocycles. The number of aromatic nitrogens is 2. The molecule has 1 saturated heterocycles. The second kappa shape index (κ2) is 11.7. The fourth-order valence-corrected chi connectivity index (χ4v) is 6.96. The molecule has 6 nitrogen and oxygen atoms in total. The number of carbonyl (C=O) groups is 1. The number of aliphatic hydroxyl groups is 1. The van der Waals surface area contributed by atoms with Crippen LogP contribution in [0.2, 0.25) is 0 Å². The maximum atomic E-state index is 13.8. The number of aryl methyl sites for hydroxylation is 1. The fraction of sp³-hybridized carbons (Fsp3) is 0.472. The average Bonchev–Trinajstić information content (AvgIpc) is 3.59. The number of hydrogen-bond donors (Lipinski definition) is 2. The lowest BCUT2D eigenvalue weighted by Gasteiger charge is -2.34. The van der Waals surface area contributed by atoms with E-state index in [-0.39, 0.29) is 28.8 Å². The molecule has 6 heteroatoms. The van der Waals surface area contributed by atoms with Gasteiger partial charge in [-0.15, -0.1) is 0 Å². The Hall–Kier alpha value is -3.35. The molecule has 3 heterocycles. The lowest BCUT2D eigenvalue weighted by molar-refractivity contribution is -0.116. The van der Waals surface area contributed by atoms with Gasteiger partial charge in [0.1, 0.15) is 0 Å². The molecule has 42 heavy (non-hydrogen) atoms. The molecule has 0 amide bonds. The van der Waals surface area contributed by atoms with Gasteiger partial charge in [-0.2, -0.15) is 0 Å². The predicted octanol–water partition coefficient (Wildman–Crippen LogP) is 5.73. The van der Waals surface area contributed by atoms with Crippen LogP contribution in [0.1, 0.15) is 80.5 Å². The Morgan fingerprint density at radius 3 is 2.57 bits per heavy atom. The summed E-state index contributed by atoms with van der Waals surface area (Å²) in [4.78, 5) is 35.4. The maximum Gasteiger partial charge on any atom is 0.247 e. The normalized spacial score (nSPS) is 21.1. The number of Topliss-reactive ketones (excluding diaryl/α,β-unsaturated/α-hetero) is 1. The number of allylic oxidation sites excluding steroid dienone is 1. The number of rotatable bonds is 8. The summed E-state index contributed by atoms with van der Waals surface area (Å²) in [6.45, 7) is 9.47. The number of carbonyl (C=O) groups excluding carboxylic acids is 1. The van der Waals surface area contributed by atoms with Crippen LogP contribution in [-0.2, 0) is 24.1 Å². The van der Waals surface area contributed by atoms with Crippen molar-refractivity contribution < 1.29 is 9.90 Å². The minimum Gasteiger partial charge on any atom is -0.392 e. The Balaban J connectivity index is 1.19. The van der Waals surface area contributed by atoms with Crippen LogP contribution in [0.4, 0.5) is 0 Å². The van der Waals surface area contributed by atoms with Gasteiger partial charge >= 0.3 is 0 Å². The monoisotopic (exact) mass is 565 g/mol. The molecule has 3 atom stereocenters. The molecule has 3 aromatic rings. The van der Waals surface area contributed by atoms with Crippen molar-refractivity contribution in [2.75, 3.05) is 19.6 Å². The van der Waals surface area contributed by atoms with Crippen LogP contribution in [0.25, 0.3) is 17.2 Å². The standard InChI is InChI=1S/C36H43N3O3/c1-36(2,3)30-9-10-32-28(18-30)16-27-17-29(19-33(27)38-32)34(41)20-25(12-14-39-15-13-31(40)22-39)23-4-6-24(7-5-23)26-8-11-35(42)37-21-26/h4-8,11,16-17,21,25,30-31,40H,9-10,12-15,18-20,22H2,1-3H3,(H,37,42)/t25-,30-,31?/m0/s1. The molecular weight excluding hydrogens is 522 g/mol. The number of fused-ring (bicyclic) bond motifs is 2. The largest absolute Gasteiger partial charge is 0.392 e. The molecule has 2 aromatic heterocycles. The first kappa shape index (κ1) is 28.8. The van der Waals surface area contributed by atoms with E-state index in [1.54, 1.807) is 6.20 Å². The van der Waals surface area contributed by atoms with E-state index in [2.05, 4.69) is 67.1 Å². The van der Waals surface area contributed by atoms with E-state index in [0.717, 1.165) is 72.3 Å². The van der Waals surface area contributed by atoms with Crippen molar-refractivity contribution in [1.29, 1.82) is 0 Å². The predicted molar refractivity (Wildman–Crippen MR) is 167 cm³/mol. The summed E-state index contributed by atoms with van der Waals surface area (Å²) in [6, 6.07) is 14.1. The summed E-state index contributed by atoms with van der Waals surface area (Å²) in [5, 5.41) is 10.0. The number of aromatic amines is 1. The maximum absolute atomic E-state index is 13.8. The van der Waals surface area contributed by atoms with Crippen LogP contribution in [0, 0.1) is 11.3 Å². The van der Waals surface area contributed by atoms with Crippen molar-refractivity contribution in [2.45, 2.75) is 77.7 Å². The highest BCUT2D eigenvalue weighted by molar-refractivity contribution is 6.02. The Morgan fingerprint density at radius 1 is 1.10 bits per heavy atom. The van der Waals surface area contributed by atoms with Crippen LogP contribution in [0.5, 0.6) is 0 Å². The van der Waals surface area contributed by atoms with Gasteiger partial charge in [-0.05, 0) is 102 Å².